The Morgan fingerprint density at radius 3 is 1.80 bits per heavy atom. The van der Waals surface area contributed by atoms with Crippen molar-refractivity contribution in [2.75, 3.05) is 6.61 Å². The first-order valence-corrected chi connectivity index (χ1v) is 1.80. The molecule has 0 atom stereocenters. The van der Waals surface area contributed by atoms with Crippen molar-refractivity contribution in [3.63, 3.8) is 0 Å². The van der Waals surface area contributed by atoms with Crippen LogP contribution in [0.15, 0.2) is 0 Å². The third kappa shape index (κ3) is 133. The zero-order chi connectivity index (χ0) is 4.71. The normalized spacial score (nSPS) is 4.40. The van der Waals surface area contributed by atoms with E-state index in [2.05, 4.69) is 6.92 Å². The molecule has 5 heavy (non-hydrogen) atoms. The molecule has 0 rings (SSSR count). The van der Waals surface area contributed by atoms with Crippen LogP contribution in [0.4, 0.5) is 0 Å². The van der Waals surface area contributed by atoms with E-state index >= 15 is 0 Å². The molecular weight excluding hydrogens is 152 g/mol. The fourth-order valence-electron chi connectivity index (χ4n) is 0. The van der Waals surface area contributed by atoms with Gasteiger partial charge in [0.05, 0.1) is 0 Å². The van der Waals surface area contributed by atoms with Crippen molar-refractivity contribution in [3.05, 3.63) is 6.92 Å². The van der Waals surface area contributed by atoms with Crippen LogP contribution in [-0.4, -0.2) is 11.7 Å². The van der Waals surface area contributed by atoms with Gasteiger partial charge in [-0.25, -0.2) is 0 Å². The van der Waals surface area contributed by atoms with Crippen LogP contribution in [0.25, 0.3) is 0 Å². The van der Waals surface area contributed by atoms with E-state index in [-0.39, 0.29) is 6.61 Å². The van der Waals surface area contributed by atoms with Gasteiger partial charge in [-0.2, -0.15) is 0 Å². The summed E-state index contributed by atoms with van der Waals surface area (Å²) in [6.45, 7) is 3.04. The molecule has 32 valence electrons. The van der Waals surface area contributed by atoms with Gasteiger partial charge in [0.25, 0.3) is 0 Å². The first kappa shape index (κ1) is 9.07. The molecule has 0 radical (unpaired) electrons. The summed E-state index contributed by atoms with van der Waals surface area (Å²) in [6.07, 6.45) is 0. The van der Waals surface area contributed by atoms with E-state index in [0.717, 1.165) is 0 Å². The summed E-state index contributed by atoms with van der Waals surface area (Å²) >= 11 is 0.700. The van der Waals surface area contributed by atoms with E-state index in [1.54, 1.807) is 0 Å². The van der Waals surface area contributed by atoms with Crippen molar-refractivity contribution in [2.24, 2.45) is 0 Å². The zero-order valence-electron chi connectivity index (χ0n) is 2.68. The van der Waals surface area contributed by atoms with Gasteiger partial charge in [-0.15, -0.1) is 0 Å². The van der Waals surface area contributed by atoms with Crippen LogP contribution in [0, 0.1) is 6.92 Å². The molecule has 3 heteroatoms. The van der Waals surface area contributed by atoms with Crippen molar-refractivity contribution < 1.29 is 28.3 Å². The van der Waals surface area contributed by atoms with Gasteiger partial charge in [-0.1, -0.05) is 6.61 Å². The third-order valence-corrected chi connectivity index (χ3v) is 0. The maximum absolute atomic E-state index is 8.26. The van der Waals surface area contributed by atoms with E-state index in [1.165, 1.54) is 0 Å². The fourth-order valence-corrected chi connectivity index (χ4v) is 0. The van der Waals surface area contributed by atoms with Crippen LogP contribution in [-0.2, 0) is 23.2 Å². The summed E-state index contributed by atoms with van der Waals surface area (Å²) in [7, 11) is 0. The SMILES string of the molecule is [CH2-]CO.[O]=[Mo]. The fraction of sp³-hybridized carbons (Fsp3) is 0.500. The minimum atomic E-state index is 0. The van der Waals surface area contributed by atoms with Crippen molar-refractivity contribution in [2.45, 2.75) is 0 Å². The molecule has 0 fully saturated rings. The van der Waals surface area contributed by atoms with Crippen LogP contribution >= 0.6 is 0 Å². The van der Waals surface area contributed by atoms with Gasteiger partial charge in [0.15, 0.2) is 0 Å². The van der Waals surface area contributed by atoms with E-state index in [1.807, 2.05) is 0 Å². The molecule has 0 bridgehead atoms. The van der Waals surface area contributed by atoms with E-state index in [4.69, 9.17) is 8.50 Å². The Kier molecular flexibility index (Phi) is 45.7. The zero-order valence-corrected chi connectivity index (χ0v) is 4.68. The molecule has 1 N–H and O–H groups in total. The van der Waals surface area contributed by atoms with Crippen molar-refractivity contribution >= 4 is 0 Å². The molecule has 0 unspecified atom stereocenters. The standard InChI is InChI=1S/C2H5O.Mo.O/c1-2-3;;/h3H,1-2H2;;/q-1;;. The Morgan fingerprint density at radius 1 is 1.80 bits per heavy atom. The maximum atomic E-state index is 8.26. The molecule has 0 saturated heterocycles. The average molecular weight is 157 g/mol. The molecule has 0 aliphatic carbocycles. The number of aliphatic hydroxyl groups is 1. The molecule has 0 aromatic rings. The predicted molar refractivity (Wildman–Crippen MR) is 13.1 cm³/mol. The Labute approximate surface area is 42.4 Å². The van der Waals surface area contributed by atoms with Crippen LogP contribution in [0.1, 0.15) is 0 Å². The second-order valence-electron chi connectivity index (χ2n) is 0.224. The Balaban J connectivity index is 0. The van der Waals surface area contributed by atoms with Gasteiger partial charge < -0.3 is 12.0 Å². The number of hydrogen-bond donors (Lipinski definition) is 1. The molecule has 0 aromatic heterocycles. The van der Waals surface area contributed by atoms with Crippen molar-refractivity contribution in [1.82, 2.24) is 0 Å². The van der Waals surface area contributed by atoms with Crippen LogP contribution in [0.5, 0.6) is 0 Å². The summed E-state index contributed by atoms with van der Waals surface area (Å²) in [6, 6.07) is 0. The van der Waals surface area contributed by atoms with E-state index < -0.39 is 0 Å². The molecule has 0 amide bonds. The van der Waals surface area contributed by atoms with Crippen LogP contribution < -0.4 is 0 Å². The summed E-state index contributed by atoms with van der Waals surface area (Å²) in [5.41, 5.74) is 0. The second kappa shape index (κ2) is 25.2. The van der Waals surface area contributed by atoms with Gasteiger partial charge >= 0.3 is 23.2 Å². The quantitative estimate of drug-likeness (QED) is 0.387. The monoisotopic (exact) mass is 159 g/mol. The summed E-state index contributed by atoms with van der Waals surface area (Å²) < 4.78 is 8.26. The first-order chi connectivity index (χ1) is 2.41. The molecular formula is C2H5MoO2-. The number of hydrogen-bond acceptors (Lipinski definition) is 2. The van der Waals surface area contributed by atoms with Gasteiger partial charge in [0, 0.05) is 0 Å². The summed E-state index contributed by atoms with van der Waals surface area (Å²) in [5.74, 6) is 0. The molecule has 0 saturated carbocycles. The molecule has 2 nitrogen and oxygen atoms in total. The Morgan fingerprint density at radius 2 is 1.80 bits per heavy atom. The third-order valence-electron chi connectivity index (χ3n) is 0. The minimum absolute atomic E-state index is 0. The van der Waals surface area contributed by atoms with Crippen LogP contribution in [0.2, 0.25) is 0 Å². The van der Waals surface area contributed by atoms with Crippen LogP contribution in [0.3, 0.4) is 0 Å². The predicted octanol–water partition coefficient (Wildman–Crippen LogP) is -0.309. The Hall–Kier alpha value is 0.448. The van der Waals surface area contributed by atoms with Crippen molar-refractivity contribution in [1.29, 1.82) is 0 Å². The summed E-state index contributed by atoms with van der Waals surface area (Å²) in [4.78, 5) is 0. The molecule has 0 spiro atoms. The molecule has 0 aromatic carbocycles. The topological polar surface area (TPSA) is 37.3 Å². The Bertz CT molecular complexity index is 11.6. The van der Waals surface area contributed by atoms with Gasteiger partial charge in [0.1, 0.15) is 0 Å². The first-order valence-electron chi connectivity index (χ1n) is 0.983. The van der Waals surface area contributed by atoms with E-state index in [0.29, 0.717) is 19.8 Å². The van der Waals surface area contributed by atoms with Crippen molar-refractivity contribution in [3.8, 4) is 0 Å². The molecule has 0 aliphatic rings. The van der Waals surface area contributed by atoms with E-state index in [9.17, 15) is 0 Å². The summed E-state index contributed by atoms with van der Waals surface area (Å²) in [5, 5.41) is 7.46. The second-order valence-corrected chi connectivity index (χ2v) is 0.224. The number of aliphatic hydroxyl groups excluding tert-OH is 1. The molecule has 0 aliphatic heterocycles. The van der Waals surface area contributed by atoms with Gasteiger partial charge in [-0.05, 0) is 0 Å². The number of rotatable bonds is 0. The van der Waals surface area contributed by atoms with Gasteiger partial charge in [-0.3, -0.25) is 0 Å². The van der Waals surface area contributed by atoms with Gasteiger partial charge in [0.2, 0.25) is 0 Å². The molecule has 0 heterocycles. The average Bonchev–Trinajstić information content (AvgIpc) is 1.46.